The maximum atomic E-state index is 12.9. The van der Waals surface area contributed by atoms with Crippen molar-refractivity contribution < 1.29 is 4.79 Å². The summed E-state index contributed by atoms with van der Waals surface area (Å²) >= 11 is 14.6. The number of carbonyl (C=O) groups is 1. The normalized spacial score (nSPS) is 13.6. The highest BCUT2D eigenvalue weighted by molar-refractivity contribution is 14.1. The summed E-state index contributed by atoms with van der Waals surface area (Å²) in [5.41, 5.74) is 2.37. The van der Waals surface area contributed by atoms with E-state index in [0.717, 1.165) is 24.1 Å². The first kappa shape index (κ1) is 20.5. The van der Waals surface area contributed by atoms with Crippen LogP contribution in [0.1, 0.15) is 27.9 Å². The Balaban J connectivity index is 2.35. The number of benzene rings is 2. The van der Waals surface area contributed by atoms with Gasteiger partial charge in [-0.25, -0.2) is 0 Å². The fourth-order valence-corrected chi connectivity index (χ4v) is 3.81. The second-order valence-corrected chi connectivity index (χ2v) is 8.93. The van der Waals surface area contributed by atoms with Gasteiger partial charge in [-0.3, -0.25) is 4.79 Å². The second kappa shape index (κ2) is 8.71. The molecule has 0 bridgehead atoms. The minimum absolute atomic E-state index is 0.175. The molecule has 0 heterocycles. The van der Waals surface area contributed by atoms with Crippen molar-refractivity contribution in [2.24, 2.45) is 0 Å². The van der Waals surface area contributed by atoms with E-state index in [1.54, 1.807) is 6.07 Å². The number of carbonyl (C=O) groups excluding carboxylic acids is 1. The summed E-state index contributed by atoms with van der Waals surface area (Å²) in [7, 11) is 4.03. The zero-order valence-corrected chi connectivity index (χ0v) is 18.1. The van der Waals surface area contributed by atoms with Crippen LogP contribution in [0.4, 0.5) is 0 Å². The van der Waals surface area contributed by atoms with Gasteiger partial charge in [-0.2, -0.15) is 0 Å². The van der Waals surface area contributed by atoms with E-state index in [-0.39, 0.29) is 5.91 Å². The van der Waals surface area contributed by atoms with Crippen LogP contribution in [0.15, 0.2) is 42.5 Å². The first-order valence-electron chi connectivity index (χ1n) is 7.90. The van der Waals surface area contributed by atoms with Crippen molar-refractivity contribution in [1.82, 2.24) is 10.2 Å². The molecule has 6 heteroatoms. The van der Waals surface area contributed by atoms with Crippen molar-refractivity contribution in [3.05, 3.63) is 69.2 Å². The van der Waals surface area contributed by atoms with E-state index in [1.807, 2.05) is 57.4 Å². The predicted molar refractivity (Wildman–Crippen MR) is 114 cm³/mol. The van der Waals surface area contributed by atoms with Crippen LogP contribution in [-0.2, 0) is 3.55 Å². The molecule has 0 saturated carbocycles. The van der Waals surface area contributed by atoms with Gasteiger partial charge in [0, 0.05) is 11.6 Å². The van der Waals surface area contributed by atoms with Gasteiger partial charge in [-0.1, -0.05) is 47.5 Å². The maximum absolute atomic E-state index is 12.9. The third-order valence-electron chi connectivity index (χ3n) is 3.97. The molecule has 1 atom stereocenters. The zero-order valence-electron chi connectivity index (χ0n) is 14.4. The van der Waals surface area contributed by atoms with Crippen molar-refractivity contribution in [3.63, 3.8) is 0 Å². The number of halogens is 3. The van der Waals surface area contributed by atoms with E-state index in [1.165, 1.54) is 0 Å². The van der Waals surface area contributed by atoms with Gasteiger partial charge in [-0.15, -0.1) is 0 Å². The summed E-state index contributed by atoms with van der Waals surface area (Å²) in [6.45, 7) is 2.71. The van der Waals surface area contributed by atoms with Crippen LogP contribution in [0, 0.1) is 6.92 Å². The summed E-state index contributed by atoms with van der Waals surface area (Å²) < 4.78 is -0.560. The lowest BCUT2D eigenvalue weighted by Gasteiger charge is -2.31. The topological polar surface area (TPSA) is 32.3 Å². The number of amides is 1. The van der Waals surface area contributed by atoms with Crippen LogP contribution in [0.25, 0.3) is 0 Å². The smallest absolute Gasteiger partial charge is 0.254 e. The number of nitrogens with one attached hydrogen (secondary N) is 1. The summed E-state index contributed by atoms with van der Waals surface area (Å²) in [4.78, 5) is 15.0. The average Bonchev–Trinajstić information content (AvgIpc) is 2.53. The van der Waals surface area contributed by atoms with Crippen LogP contribution in [0.3, 0.4) is 0 Å². The van der Waals surface area contributed by atoms with Crippen molar-refractivity contribution in [2.75, 3.05) is 20.6 Å². The van der Waals surface area contributed by atoms with E-state index in [9.17, 15) is 4.79 Å². The molecule has 3 nitrogen and oxygen atoms in total. The molecular weight excluding hydrogens is 470 g/mol. The molecule has 0 radical (unpaired) electrons. The van der Waals surface area contributed by atoms with Crippen molar-refractivity contribution in [2.45, 2.75) is 16.9 Å². The van der Waals surface area contributed by atoms with E-state index < -0.39 is 3.55 Å². The van der Waals surface area contributed by atoms with Crippen LogP contribution < -0.4 is 5.32 Å². The molecule has 2 aromatic carbocycles. The third kappa shape index (κ3) is 5.33. The van der Waals surface area contributed by atoms with E-state index in [0.29, 0.717) is 15.6 Å². The van der Waals surface area contributed by atoms with Gasteiger partial charge in [0.05, 0.1) is 10.6 Å². The molecule has 0 aliphatic carbocycles. The number of rotatable bonds is 6. The van der Waals surface area contributed by atoms with Crippen LogP contribution in [0.2, 0.25) is 10.0 Å². The molecule has 2 aromatic rings. The van der Waals surface area contributed by atoms with Crippen molar-refractivity contribution in [3.8, 4) is 0 Å². The Morgan fingerprint density at radius 2 is 1.80 bits per heavy atom. The quantitative estimate of drug-likeness (QED) is 0.340. The SMILES string of the molecule is Cc1cccc(Cl)c1C(=O)NC(I)(CCN(C)C)c1ccc(Cl)cc1. The number of aryl methyl sites for hydroxylation is 1. The first-order chi connectivity index (χ1) is 11.7. The summed E-state index contributed by atoms with van der Waals surface area (Å²) in [5.74, 6) is -0.175. The number of hydrogen-bond donors (Lipinski definition) is 1. The van der Waals surface area contributed by atoms with Crippen LogP contribution in [-0.4, -0.2) is 31.4 Å². The molecule has 0 aliphatic heterocycles. The van der Waals surface area contributed by atoms with Gasteiger partial charge in [0.15, 0.2) is 0 Å². The van der Waals surface area contributed by atoms with Gasteiger partial charge in [-0.05, 0) is 79.4 Å². The summed E-state index contributed by atoms with van der Waals surface area (Å²) in [6.07, 6.45) is 0.747. The second-order valence-electron chi connectivity index (χ2n) is 6.25. The molecule has 134 valence electrons. The van der Waals surface area contributed by atoms with Crippen LogP contribution >= 0.6 is 45.8 Å². The molecule has 2 rings (SSSR count). The maximum Gasteiger partial charge on any atom is 0.254 e. The van der Waals surface area contributed by atoms with Gasteiger partial charge < -0.3 is 10.2 Å². The lowest BCUT2D eigenvalue weighted by Crippen LogP contribution is -2.43. The lowest BCUT2D eigenvalue weighted by molar-refractivity contribution is 0.0927. The Morgan fingerprint density at radius 1 is 1.16 bits per heavy atom. The van der Waals surface area contributed by atoms with Gasteiger partial charge in [0.2, 0.25) is 0 Å². The Hall–Kier alpha value is -0.820. The lowest BCUT2D eigenvalue weighted by atomic mass is 10.0. The molecule has 0 aliphatic rings. The summed E-state index contributed by atoms with van der Waals surface area (Å²) in [6, 6.07) is 13.0. The molecule has 25 heavy (non-hydrogen) atoms. The zero-order chi connectivity index (χ0) is 18.6. The van der Waals surface area contributed by atoms with Gasteiger partial charge >= 0.3 is 0 Å². The van der Waals surface area contributed by atoms with Crippen molar-refractivity contribution >= 4 is 51.7 Å². The van der Waals surface area contributed by atoms with Crippen LogP contribution in [0.5, 0.6) is 0 Å². The number of alkyl halides is 1. The van der Waals surface area contributed by atoms with Gasteiger partial charge in [0.25, 0.3) is 5.91 Å². The number of hydrogen-bond acceptors (Lipinski definition) is 2. The largest absolute Gasteiger partial charge is 0.334 e. The molecule has 1 unspecified atom stereocenters. The molecule has 0 spiro atoms. The Labute approximate surface area is 172 Å². The highest BCUT2D eigenvalue weighted by Crippen LogP contribution is 2.34. The van der Waals surface area contributed by atoms with Gasteiger partial charge in [0.1, 0.15) is 3.55 Å². The Kier molecular flexibility index (Phi) is 7.14. The third-order valence-corrected chi connectivity index (χ3v) is 5.96. The fourth-order valence-electron chi connectivity index (χ4n) is 2.53. The van der Waals surface area contributed by atoms with E-state index >= 15 is 0 Å². The first-order valence-corrected chi connectivity index (χ1v) is 9.74. The van der Waals surface area contributed by atoms with E-state index in [4.69, 9.17) is 23.2 Å². The van der Waals surface area contributed by atoms with E-state index in [2.05, 4.69) is 32.8 Å². The molecule has 0 aromatic heterocycles. The molecule has 0 fully saturated rings. The summed E-state index contributed by atoms with van der Waals surface area (Å²) in [5, 5.41) is 4.30. The van der Waals surface area contributed by atoms with Crippen molar-refractivity contribution in [1.29, 1.82) is 0 Å². The minimum atomic E-state index is -0.560. The standard InChI is InChI=1S/C19H21Cl2IN2O/c1-13-5-4-6-16(21)17(13)18(25)23-19(22,11-12-24(2)3)14-7-9-15(20)10-8-14/h4-10H,11-12H2,1-3H3,(H,23,25). The minimum Gasteiger partial charge on any atom is -0.334 e. The molecule has 1 amide bonds. The number of nitrogens with zero attached hydrogens (tertiary/aromatic N) is 1. The average molecular weight is 491 g/mol. The fraction of sp³-hybridized carbons (Fsp3) is 0.316. The Bertz CT molecular complexity index is 729. The highest BCUT2D eigenvalue weighted by atomic mass is 127. The molecular formula is C19H21Cl2IN2O. The molecule has 0 saturated heterocycles. The molecule has 1 N–H and O–H groups in total. The monoisotopic (exact) mass is 490 g/mol. The Morgan fingerprint density at radius 3 is 2.36 bits per heavy atom. The predicted octanol–water partition coefficient (Wildman–Crippen LogP) is 5.27. The highest BCUT2D eigenvalue weighted by Gasteiger charge is 2.32.